The molecule has 5 rings (SSSR count). The molecule has 0 amide bonds. The van der Waals surface area contributed by atoms with Gasteiger partial charge in [-0.2, -0.15) is 0 Å². The van der Waals surface area contributed by atoms with Crippen molar-refractivity contribution >= 4 is 28.5 Å². The third-order valence-electron chi connectivity index (χ3n) is 6.63. The number of anilines is 2. The van der Waals surface area contributed by atoms with Crippen LogP contribution >= 0.6 is 0 Å². The van der Waals surface area contributed by atoms with Crippen molar-refractivity contribution in [3.05, 3.63) is 98.8 Å². The number of esters is 1. The van der Waals surface area contributed by atoms with Crippen LogP contribution < -0.4 is 15.8 Å². The standard InChI is InChI=1S/C28H28N4O3/c1-17-13-22(18(2)29-24-12-8-7-11-21(24)27(34)35-4)25-23(14-17)26(33)31(3)28(30-25)32-15-19-9-5-6-10-20(19)16-32/h5-14,18,29H,15-16H2,1-4H3. The number of rotatable bonds is 5. The van der Waals surface area contributed by atoms with Crippen LogP contribution in [0.15, 0.2) is 65.5 Å². The van der Waals surface area contributed by atoms with Crippen LogP contribution in [0.5, 0.6) is 0 Å². The maximum atomic E-state index is 13.5. The number of hydrogen-bond acceptors (Lipinski definition) is 6. The second kappa shape index (κ2) is 8.91. The van der Waals surface area contributed by atoms with E-state index in [1.807, 2.05) is 44.2 Å². The fraction of sp³-hybridized carbons (Fsp3) is 0.250. The second-order valence-corrected chi connectivity index (χ2v) is 9.05. The van der Waals surface area contributed by atoms with Gasteiger partial charge >= 0.3 is 5.97 Å². The third kappa shape index (κ3) is 4.03. The summed E-state index contributed by atoms with van der Waals surface area (Å²) in [4.78, 5) is 32.9. The van der Waals surface area contributed by atoms with Gasteiger partial charge in [-0.1, -0.05) is 42.5 Å². The quantitative estimate of drug-likeness (QED) is 0.427. The van der Waals surface area contributed by atoms with E-state index < -0.39 is 5.97 Å². The van der Waals surface area contributed by atoms with E-state index in [9.17, 15) is 9.59 Å². The Labute approximate surface area is 204 Å². The Hall–Kier alpha value is -4.13. The monoisotopic (exact) mass is 468 g/mol. The minimum absolute atomic E-state index is 0.0759. The fourth-order valence-electron chi connectivity index (χ4n) is 4.84. The average Bonchev–Trinajstić information content (AvgIpc) is 3.30. The highest BCUT2D eigenvalue weighted by Gasteiger charge is 2.24. The molecule has 0 spiro atoms. The van der Waals surface area contributed by atoms with Crippen molar-refractivity contribution < 1.29 is 9.53 Å². The van der Waals surface area contributed by atoms with Crippen LogP contribution in [0.25, 0.3) is 10.9 Å². The number of carbonyl (C=O) groups excluding carboxylic acids is 1. The number of aromatic nitrogens is 2. The number of nitrogens with zero attached hydrogens (tertiary/aromatic N) is 3. The van der Waals surface area contributed by atoms with Crippen molar-refractivity contribution in [1.82, 2.24) is 9.55 Å². The number of carbonyl (C=O) groups is 1. The molecule has 1 atom stereocenters. The number of nitrogens with one attached hydrogen (secondary N) is 1. The molecule has 0 saturated heterocycles. The van der Waals surface area contributed by atoms with Crippen molar-refractivity contribution in [1.29, 1.82) is 0 Å². The summed E-state index contributed by atoms with van der Waals surface area (Å²) in [6, 6.07) is 19.3. The van der Waals surface area contributed by atoms with Crippen LogP contribution in [0.1, 0.15) is 45.6 Å². The predicted octanol–water partition coefficient (Wildman–Crippen LogP) is 4.72. The third-order valence-corrected chi connectivity index (χ3v) is 6.63. The summed E-state index contributed by atoms with van der Waals surface area (Å²) in [5.41, 5.74) is 6.09. The Kier molecular flexibility index (Phi) is 5.76. The van der Waals surface area contributed by atoms with E-state index in [-0.39, 0.29) is 11.6 Å². The van der Waals surface area contributed by atoms with Gasteiger partial charge in [0.1, 0.15) is 0 Å². The Morgan fingerprint density at radius 3 is 2.40 bits per heavy atom. The molecule has 0 fully saturated rings. The molecule has 0 aliphatic carbocycles. The molecule has 35 heavy (non-hydrogen) atoms. The van der Waals surface area contributed by atoms with E-state index in [0.717, 1.165) is 11.1 Å². The number of hydrogen-bond donors (Lipinski definition) is 1. The summed E-state index contributed by atoms with van der Waals surface area (Å²) < 4.78 is 6.58. The van der Waals surface area contributed by atoms with Crippen LogP contribution in [0.3, 0.4) is 0 Å². The molecule has 1 N–H and O–H groups in total. The summed E-state index contributed by atoms with van der Waals surface area (Å²) >= 11 is 0. The molecule has 1 aliphatic rings. The van der Waals surface area contributed by atoms with Crippen LogP contribution in [0.2, 0.25) is 0 Å². The lowest BCUT2D eigenvalue weighted by molar-refractivity contribution is 0.0602. The number of benzene rings is 3. The van der Waals surface area contributed by atoms with Crippen molar-refractivity contribution in [3.8, 4) is 0 Å². The van der Waals surface area contributed by atoms with E-state index in [1.54, 1.807) is 23.7 Å². The van der Waals surface area contributed by atoms with Gasteiger partial charge in [0, 0.05) is 31.4 Å². The smallest absolute Gasteiger partial charge is 0.339 e. The number of fused-ring (bicyclic) bond motifs is 2. The lowest BCUT2D eigenvalue weighted by atomic mass is 10.0. The zero-order valence-corrected chi connectivity index (χ0v) is 20.3. The first-order chi connectivity index (χ1) is 16.9. The number of aryl methyl sites for hydroxylation is 1. The van der Waals surface area contributed by atoms with Crippen molar-refractivity contribution in [2.75, 3.05) is 17.3 Å². The molecule has 7 nitrogen and oxygen atoms in total. The highest BCUT2D eigenvalue weighted by atomic mass is 16.5. The minimum atomic E-state index is -0.405. The van der Waals surface area contributed by atoms with Gasteiger partial charge in [-0.15, -0.1) is 0 Å². The minimum Gasteiger partial charge on any atom is -0.465 e. The second-order valence-electron chi connectivity index (χ2n) is 9.05. The fourth-order valence-corrected chi connectivity index (χ4v) is 4.84. The van der Waals surface area contributed by atoms with Gasteiger partial charge in [-0.3, -0.25) is 9.36 Å². The maximum absolute atomic E-state index is 13.5. The molecule has 1 aromatic heterocycles. The molecule has 3 aromatic carbocycles. The van der Waals surface area contributed by atoms with Gasteiger partial charge in [0.2, 0.25) is 5.95 Å². The Morgan fingerprint density at radius 2 is 1.71 bits per heavy atom. The summed E-state index contributed by atoms with van der Waals surface area (Å²) in [5.74, 6) is 0.239. The summed E-state index contributed by atoms with van der Waals surface area (Å²) in [6.45, 7) is 5.41. The highest BCUT2D eigenvalue weighted by Crippen LogP contribution is 2.31. The Balaban J connectivity index is 1.59. The van der Waals surface area contributed by atoms with Crippen molar-refractivity contribution in [2.45, 2.75) is 33.0 Å². The summed E-state index contributed by atoms with van der Waals surface area (Å²) in [7, 11) is 3.15. The highest BCUT2D eigenvalue weighted by molar-refractivity contribution is 5.95. The molecule has 4 aromatic rings. The largest absolute Gasteiger partial charge is 0.465 e. The number of para-hydroxylation sites is 1. The van der Waals surface area contributed by atoms with Gasteiger partial charge in [-0.05, 0) is 48.7 Å². The van der Waals surface area contributed by atoms with Gasteiger partial charge < -0.3 is 15.0 Å². The molecule has 178 valence electrons. The van der Waals surface area contributed by atoms with Gasteiger partial charge in [0.15, 0.2) is 0 Å². The molecular formula is C28H28N4O3. The van der Waals surface area contributed by atoms with Crippen LogP contribution in [-0.4, -0.2) is 22.6 Å². The molecule has 1 aliphatic heterocycles. The van der Waals surface area contributed by atoms with Crippen LogP contribution in [0, 0.1) is 6.92 Å². The molecule has 7 heteroatoms. The molecule has 1 unspecified atom stereocenters. The lowest BCUT2D eigenvalue weighted by Crippen LogP contribution is -2.28. The average molecular weight is 469 g/mol. The first kappa shape index (κ1) is 22.7. The van der Waals surface area contributed by atoms with Gasteiger partial charge in [-0.25, -0.2) is 9.78 Å². The lowest BCUT2D eigenvalue weighted by Gasteiger charge is -2.23. The van der Waals surface area contributed by atoms with E-state index in [0.29, 0.717) is 41.2 Å². The summed E-state index contributed by atoms with van der Waals surface area (Å²) in [6.07, 6.45) is 0. The van der Waals surface area contributed by atoms with E-state index >= 15 is 0 Å². The molecular weight excluding hydrogens is 440 g/mol. The van der Waals surface area contributed by atoms with E-state index in [4.69, 9.17) is 9.72 Å². The van der Waals surface area contributed by atoms with Crippen LogP contribution in [-0.2, 0) is 24.9 Å². The SMILES string of the molecule is COC(=O)c1ccccc1NC(C)c1cc(C)cc2c(=O)n(C)c(N3Cc4ccccc4C3)nc12. The Bertz CT molecular complexity index is 1480. The van der Waals surface area contributed by atoms with E-state index in [1.165, 1.54) is 18.2 Å². The van der Waals surface area contributed by atoms with Crippen molar-refractivity contribution in [3.63, 3.8) is 0 Å². The maximum Gasteiger partial charge on any atom is 0.339 e. The molecule has 2 heterocycles. The van der Waals surface area contributed by atoms with Gasteiger partial charge in [0.25, 0.3) is 5.56 Å². The zero-order valence-electron chi connectivity index (χ0n) is 20.3. The van der Waals surface area contributed by atoms with Crippen molar-refractivity contribution in [2.24, 2.45) is 7.05 Å². The molecule has 0 radical (unpaired) electrons. The number of ether oxygens (including phenoxy) is 1. The molecule has 0 bridgehead atoms. The molecule has 0 saturated carbocycles. The van der Waals surface area contributed by atoms with Gasteiger partial charge in [0.05, 0.1) is 29.6 Å². The zero-order chi connectivity index (χ0) is 24.7. The topological polar surface area (TPSA) is 76.5 Å². The normalized spacial score (nSPS) is 13.5. The summed E-state index contributed by atoms with van der Waals surface area (Å²) in [5, 5.41) is 4.02. The number of methoxy groups -OCH3 is 1. The first-order valence-corrected chi connectivity index (χ1v) is 11.6. The predicted molar refractivity (Wildman–Crippen MR) is 138 cm³/mol. The Morgan fingerprint density at radius 1 is 1.06 bits per heavy atom. The van der Waals surface area contributed by atoms with E-state index in [2.05, 4.69) is 28.4 Å². The first-order valence-electron chi connectivity index (χ1n) is 11.6. The van der Waals surface area contributed by atoms with Crippen LogP contribution in [0.4, 0.5) is 11.6 Å².